The second kappa shape index (κ2) is 7.69. The van der Waals surface area contributed by atoms with Gasteiger partial charge in [-0.3, -0.25) is 4.79 Å². The van der Waals surface area contributed by atoms with Gasteiger partial charge >= 0.3 is 0 Å². The average Bonchev–Trinajstić information content (AvgIpc) is 2.64. The summed E-state index contributed by atoms with van der Waals surface area (Å²) in [5, 5.41) is 13.8. The fraction of sp³-hybridized carbons (Fsp3) is 0.409. The molecule has 1 aliphatic rings. The third-order valence-electron chi connectivity index (χ3n) is 5.02. The zero-order valence-electron chi connectivity index (χ0n) is 16.0. The van der Waals surface area contributed by atoms with Crippen molar-refractivity contribution in [3.8, 4) is 5.75 Å². The zero-order valence-corrected chi connectivity index (χ0v) is 16.0. The Morgan fingerprint density at radius 3 is 2.59 bits per heavy atom. The molecule has 0 fully saturated rings. The van der Waals surface area contributed by atoms with E-state index in [0.717, 1.165) is 30.4 Å². The Kier molecular flexibility index (Phi) is 5.51. The summed E-state index contributed by atoms with van der Waals surface area (Å²) in [4.78, 5) is 12.7. The molecule has 0 saturated heterocycles. The maximum Gasteiger partial charge on any atom is 0.251 e. The Morgan fingerprint density at radius 2 is 1.93 bits per heavy atom. The summed E-state index contributed by atoms with van der Waals surface area (Å²) in [6, 6.07) is 10.7. The number of halogens is 1. The highest BCUT2D eigenvalue weighted by atomic mass is 19.1. The number of aliphatic hydroxyl groups excluding tert-OH is 1. The number of fused-ring (bicyclic) bond motifs is 1. The lowest BCUT2D eigenvalue weighted by Crippen LogP contribution is -2.53. The van der Waals surface area contributed by atoms with Gasteiger partial charge in [0.15, 0.2) is 0 Å². The summed E-state index contributed by atoms with van der Waals surface area (Å²) in [6.45, 7) is 5.73. The highest BCUT2D eigenvalue weighted by molar-refractivity contribution is 5.94. The summed E-state index contributed by atoms with van der Waals surface area (Å²) >= 11 is 0. The lowest BCUT2D eigenvalue weighted by atomic mass is 9.85. The minimum absolute atomic E-state index is 0.344. The number of hydrogen-bond donors (Lipinski definition) is 2. The number of aryl methyl sites for hydroxylation is 1. The number of unbranched alkanes of at least 4 members (excludes halogenated alkanes) is 1. The summed E-state index contributed by atoms with van der Waals surface area (Å²) in [5.41, 5.74) is 1.41. The first-order valence-electron chi connectivity index (χ1n) is 9.38. The molecule has 1 amide bonds. The van der Waals surface area contributed by atoms with Crippen LogP contribution in [-0.2, 0) is 6.42 Å². The monoisotopic (exact) mass is 371 g/mol. The van der Waals surface area contributed by atoms with E-state index < -0.39 is 23.6 Å². The first-order chi connectivity index (χ1) is 12.8. The van der Waals surface area contributed by atoms with Crippen molar-refractivity contribution in [2.75, 3.05) is 0 Å². The number of ether oxygens (including phenoxy) is 1. The van der Waals surface area contributed by atoms with Gasteiger partial charge in [-0.25, -0.2) is 4.39 Å². The first kappa shape index (κ1) is 19.4. The summed E-state index contributed by atoms with van der Waals surface area (Å²) in [6.07, 6.45) is 2.17. The number of carbonyl (C=O) groups excluding carboxylic acids is 1. The van der Waals surface area contributed by atoms with Crippen molar-refractivity contribution in [2.45, 2.75) is 57.8 Å². The van der Waals surface area contributed by atoms with Crippen LogP contribution in [0.5, 0.6) is 5.75 Å². The Balaban J connectivity index is 1.92. The van der Waals surface area contributed by atoms with E-state index in [1.54, 1.807) is 13.8 Å². The molecule has 2 aromatic carbocycles. The fourth-order valence-corrected chi connectivity index (χ4v) is 3.37. The molecule has 2 N–H and O–H groups in total. The highest BCUT2D eigenvalue weighted by Crippen LogP contribution is 2.40. The molecule has 2 atom stereocenters. The first-order valence-corrected chi connectivity index (χ1v) is 9.38. The van der Waals surface area contributed by atoms with E-state index in [0.29, 0.717) is 11.3 Å². The van der Waals surface area contributed by atoms with Crippen molar-refractivity contribution in [1.82, 2.24) is 5.32 Å². The molecule has 27 heavy (non-hydrogen) atoms. The van der Waals surface area contributed by atoms with E-state index in [2.05, 4.69) is 12.2 Å². The smallest absolute Gasteiger partial charge is 0.251 e. The van der Waals surface area contributed by atoms with Crippen molar-refractivity contribution in [3.63, 3.8) is 0 Å². The average molecular weight is 371 g/mol. The second-order valence-electron chi connectivity index (χ2n) is 7.58. The van der Waals surface area contributed by atoms with Gasteiger partial charge in [-0.15, -0.1) is 0 Å². The van der Waals surface area contributed by atoms with Gasteiger partial charge in [-0.2, -0.15) is 0 Å². The predicted octanol–water partition coefficient (Wildman–Crippen LogP) is 4.17. The third-order valence-corrected chi connectivity index (χ3v) is 5.02. The van der Waals surface area contributed by atoms with Crippen LogP contribution < -0.4 is 10.1 Å². The fourth-order valence-electron chi connectivity index (χ4n) is 3.37. The van der Waals surface area contributed by atoms with Gasteiger partial charge in [-0.05, 0) is 68.7 Å². The number of aliphatic hydroxyl groups is 1. The lowest BCUT2D eigenvalue weighted by molar-refractivity contribution is -0.0628. The molecule has 0 radical (unpaired) electrons. The van der Waals surface area contributed by atoms with Crippen LogP contribution in [0.4, 0.5) is 4.39 Å². The molecule has 3 rings (SSSR count). The van der Waals surface area contributed by atoms with Gasteiger partial charge in [0, 0.05) is 11.1 Å². The molecular weight excluding hydrogens is 345 g/mol. The third kappa shape index (κ3) is 4.14. The molecule has 0 bridgehead atoms. The number of rotatable bonds is 5. The van der Waals surface area contributed by atoms with E-state index in [9.17, 15) is 14.3 Å². The van der Waals surface area contributed by atoms with E-state index in [-0.39, 0.29) is 5.91 Å². The van der Waals surface area contributed by atoms with E-state index >= 15 is 0 Å². The Morgan fingerprint density at radius 1 is 1.22 bits per heavy atom. The largest absolute Gasteiger partial charge is 0.485 e. The minimum Gasteiger partial charge on any atom is -0.485 e. The zero-order chi connectivity index (χ0) is 19.6. The van der Waals surface area contributed by atoms with Crippen LogP contribution in [0, 0.1) is 5.82 Å². The number of benzene rings is 2. The van der Waals surface area contributed by atoms with Gasteiger partial charge in [0.1, 0.15) is 23.3 Å². The highest BCUT2D eigenvalue weighted by Gasteiger charge is 2.43. The number of amides is 1. The molecule has 4 nitrogen and oxygen atoms in total. The summed E-state index contributed by atoms with van der Waals surface area (Å²) in [5.74, 6) is -0.0960. The molecule has 1 heterocycles. The standard InChI is InChI=1S/C22H26FNO3/c1-4-5-6-14-7-12-18-17(13-14)19(20(25)22(2,3)27-18)24-21(26)15-8-10-16(23)11-9-15/h7-13,19-20,25H,4-6H2,1-3H3,(H,24,26)/t19-,20+/m0/s1. The van der Waals surface area contributed by atoms with Crippen LogP contribution in [0.15, 0.2) is 42.5 Å². The van der Waals surface area contributed by atoms with Gasteiger partial charge in [-0.1, -0.05) is 19.4 Å². The van der Waals surface area contributed by atoms with Gasteiger partial charge in [0.05, 0.1) is 6.04 Å². The van der Waals surface area contributed by atoms with Crippen LogP contribution >= 0.6 is 0 Å². The van der Waals surface area contributed by atoms with E-state index in [1.807, 2.05) is 18.2 Å². The van der Waals surface area contributed by atoms with Gasteiger partial charge in [0.25, 0.3) is 5.91 Å². The molecule has 0 aromatic heterocycles. The molecule has 5 heteroatoms. The van der Waals surface area contributed by atoms with Crippen LogP contribution in [0.1, 0.15) is 61.1 Å². The molecular formula is C22H26FNO3. The molecule has 0 aliphatic carbocycles. The Bertz CT molecular complexity index is 817. The van der Waals surface area contributed by atoms with Crippen molar-refractivity contribution in [2.24, 2.45) is 0 Å². The van der Waals surface area contributed by atoms with Crippen LogP contribution in [-0.4, -0.2) is 22.7 Å². The van der Waals surface area contributed by atoms with E-state index in [4.69, 9.17) is 4.74 Å². The van der Waals surface area contributed by atoms with Gasteiger partial charge in [0.2, 0.25) is 0 Å². The molecule has 1 aliphatic heterocycles. The SMILES string of the molecule is CCCCc1ccc2c(c1)[C@H](NC(=O)c1ccc(F)cc1)[C@@H](O)C(C)(C)O2. The molecule has 2 aromatic rings. The lowest BCUT2D eigenvalue weighted by Gasteiger charge is -2.42. The quantitative estimate of drug-likeness (QED) is 0.829. The van der Waals surface area contributed by atoms with Crippen molar-refractivity contribution in [1.29, 1.82) is 0 Å². The number of carbonyl (C=O) groups is 1. The number of hydrogen-bond acceptors (Lipinski definition) is 3. The maximum absolute atomic E-state index is 13.1. The Labute approximate surface area is 159 Å². The maximum atomic E-state index is 13.1. The normalized spacial score (nSPS) is 20.5. The molecule has 0 saturated carbocycles. The second-order valence-corrected chi connectivity index (χ2v) is 7.58. The minimum atomic E-state index is -0.921. The summed E-state index contributed by atoms with van der Waals surface area (Å²) < 4.78 is 19.1. The van der Waals surface area contributed by atoms with Crippen LogP contribution in [0.3, 0.4) is 0 Å². The van der Waals surface area contributed by atoms with Crippen LogP contribution in [0.25, 0.3) is 0 Å². The molecule has 0 unspecified atom stereocenters. The topological polar surface area (TPSA) is 58.6 Å². The molecule has 144 valence electrons. The van der Waals surface area contributed by atoms with E-state index in [1.165, 1.54) is 24.3 Å². The van der Waals surface area contributed by atoms with Crippen molar-refractivity contribution < 1.29 is 19.0 Å². The van der Waals surface area contributed by atoms with Crippen molar-refractivity contribution in [3.05, 3.63) is 65.0 Å². The van der Waals surface area contributed by atoms with Gasteiger partial charge < -0.3 is 15.2 Å². The molecule has 0 spiro atoms. The summed E-state index contributed by atoms with van der Waals surface area (Å²) in [7, 11) is 0. The van der Waals surface area contributed by atoms with Crippen molar-refractivity contribution >= 4 is 5.91 Å². The Hall–Kier alpha value is -2.40. The number of nitrogens with one attached hydrogen (secondary N) is 1. The predicted molar refractivity (Wildman–Crippen MR) is 102 cm³/mol. The van der Waals surface area contributed by atoms with Crippen LogP contribution in [0.2, 0.25) is 0 Å².